The molecule has 1 aliphatic rings. The summed E-state index contributed by atoms with van der Waals surface area (Å²) in [6, 6.07) is 5.62. The van der Waals surface area contributed by atoms with Gasteiger partial charge in [0.05, 0.1) is 5.39 Å². The van der Waals surface area contributed by atoms with Crippen LogP contribution >= 0.6 is 0 Å². The Morgan fingerprint density at radius 3 is 2.80 bits per heavy atom. The van der Waals surface area contributed by atoms with Gasteiger partial charge in [-0.15, -0.1) is 0 Å². The third kappa shape index (κ3) is 2.24. The van der Waals surface area contributed by atoms with Crippen LogP contribution in [0.2, 0.25) is 0 Å². The summed E-state index contributed by atoms with van der Waals surface area (Å²) in [4.78, 5) is 0. The van der Waals surface area contributed by atoms with Crippen LogP contribution in [0.3, 0.4) is 0 Å². The molecule has 0 unspecified atom stereocenters. The minimum Gasteiger partial charge on any atom is -0.507 e. The van der Waals surface area contributed by atoms with E-state index in [9.17, 15) is 5.11 Å². The van der Waals surface area contributed by atoms with Crippen molar-refractivity contribution in [1.82, 2.24) is 0 Å². The minimum atomic E-state index is 0.189. The molecule has 0 saturated heterocycles. The van der Waals surface area contributed by atoms with Crippen molar-refractivity contribution in [3.05, 3.63) is 41.0 Å². The van der Waals surface area contributed by atoms with Crippen molar-refractivity contribution in [2.45, 2.75) is 39.0 Å². The minimum absolute atomic E-state index is 0.189. The molecule has 1 aliphatic carbocycles. The van der Waals surface area contributed by atoms with Crippen molar-refractivity contribution in [1.29, 1.82) is 5.41 Å². The first kappa shape index (κ1) is 13.0. The highest BCUT2D eigenvalue weighted by Crippen LogP contribution is 2.33. The summed E-state index contributed by atoms with van der Waals surface area (Å²) >= 11 is 0. The zero-order valence-corrected chi connectivity index (χ0v) is 11.7. The average Bonchev–Trinajstić information content (AvgIpc) is 2.47. The molecule has 0 bridgehead atoms. The number of hydrogen-bond acceptors (Lipinski definition) is 3. The molecule has 1 aromatic heterocycles. The van der Waals surface area contributed by atoms with E-state index in [1.807, 2.05) is 25.1 Å². The van der Waals surface area contributed by atoms with Gasteiger partial charge in [0.1, 0.15) is 11.3 Å². The smallest absolute Gasteiger partial charge is 0.215 e. The Kier molecular flexibility index (Phi) is 3.35. The number of rotatable bonds is 2. The number of benzene rings is 1. The number of aromatic hydroxyl groups is 1. The van der Waals surface area contributed by atoms with Gasteiger partial charge in [-0.2, -0.15) is 0 Å². The van der Waals surface area contributed by atoms with E-state index in [-0.39, 0.29) is 11.3 Å². The topological polar surface area (TPSA) is 57.2 Å². The Balaban J connectivity index is 2.18. The molecule has 3 rings (SSSR count). The molecule has 0 spiro atoms. The maximum absolute atomic E-state index is 10.2. The molecule has 104 valence electrons. The maximum atomic E-state index is 10.2. The average molecular weight is 269 g/mol. The summed E-state index contributed by atoms with van der Waals surface area (Å²) in [7, 11) is 0. The first-order valence-electron chi connectivity index (χ1n) is 7.23. The van der Waals surface area contributed by atoms with Crippen molar-refractivity contribution in [2.75, 3.05) is 0 Å². The lowest BCUT2D eigenvalue weighted by Gasteiger charge is -2.14. The fourth-order valence-corrected chi connectivity index (χ4v) is 2.81. The molecule has 0 fully saturated rings. The number of allylic oxidation sites excluding steroid dienone is 2. The van der Waals surface area contributed by atoms with Crippen LogP contribution in [-0.4, -0.2) is 5.11 Å². The summed E-state index contributed by atoms with van der Waals surface area (Å²) in [5.41, 5.74) is 3.89. The van der Waals surface area contributed by atoms with E-state index >= 15 is 0 Å². The molecule has 3 nitrogen and oxygen atoms in total. The monoisotopic (exact) mass is 269 g/mol. The Hall–Kier alpha value is -2.03. The number of aryl methyl sites for hydroxylation is 1. The van der Waals surface area contributed by atoms with E-state index in [0.29, 0.717) is 11.0 Å². The third-order valence-electron chi connectivity index (χ3n) is 3.99. The number of fused-ring (bicyclic) bond motifs is 1. The van der Waals surface area contributed by atoms with E-state index in [0.717, 1.165) is 30.4 Å². The molecule has 2 aromatic rings. The second-order valence-electron chi connectivity index (χ2n) is 5.34. The molecule has 0 radical (unpaired) electrons. The fourth-order valence-electron chi connectivity index (χ4n) is 2.81. The predicted octanol–water partition coefficient (Wildman–Crippen LogP) is 4.14. The standard InChI is InChI=1S/C17H19NO2/c1-2-11-8-14-15(19)9-13(10-16(14)20-17(11)18)12-6-4-3-5-7-12/h6,8-10,18-19H,2-5,7H2,1H3. The van der Waals surface area contributed by atoms with Gasteiger partial charge in [-0.05, 0) is 61.4 Å². The van der Waals surface area contributed by atoms with Crippen molar-refractivity contribution in [2.24, 2.45) is 0 Å². The highest BCUT2D eigenvalue weighted by Gasteiger charge is 2.12. The summed E-state index contributed by atoms with van der Waals surface area (Å²) in [6.45, 7) is 1.98. The summed E-state index contributed by atoms with van der Waals surface area (Å²) in [5.74, 6) is 0.238. The second-order valence-corrected chi connectivity index (χ2v) is 5.34. The highest BCUT2D eigenvalue weighted by molar-refractivity contribution is 5.87. The van der Waals surface area contributed by atoms with Gasteiger partial charge in [0.2, 0.25) is 5.55 Å². The lowest BCUT2D eigenvalue weighted by Crippen LogP contribution is -2.06. The summed E-state index contributed by atoms with van der Waals surface area (Å²) in [6.07, 6.45) is 7.55. The highest BCUT2D eigenvalue weighted by atomic mass is 16.3. The predicted molar refractivity (Wildman–Crippen MR) is 79.6 cm³/mol. The van der Waals surface area contributed by atoms with Gasteiger partial charge in [-0.1, -0.05) is 13.0 Å². The van der Waals surface area contributed by atoms with Crippen molar-refractivity contribution in [3.8, 4) is 5.75 Å². The first-order valence-corrected chi connectivity index (χ1v) is 7.23. The van der Waals surface area contributed by atoms with E-state index in [2.05, 4.69) is 6.08 Å². The molecule has 0 saturated carbocycles. The normalized spacial score (nSPS) is 15.3. The Morgan fingerprint density at radius 1 is 1.25 bits per heavy atom. The van der Waals surface area contributed by atoms with Crippen LogP contribution in [-0.2, 0) is 6.42 Å². The Labute approximate surface area is 118 Å². The molecule has 2 N–H and O–H groups in total. The van der Waals surface area contributed by atoms with Gasteiger partial charge in [0.25, 0.3) is 0 Å². The van der Waals surface area contributed by atoms with E-state index in [4.69, 9.17) is 9.83 Å². The van der Waals surface area contributed by atoms with E-state index < -0.39 is 0 Å². The molecule has 1 aromatic carbocycles. The largest absolute Gasteiger partial charge is 0.507 e. The van der Waals surface area contributed by atoms with Crippen LogP contribution in [0.15, 0.2) is 28.7 Å². The number of phenolic OH excluding ortho intramolecular Hbond substituents is 1. The van der Waals surface area contributed by atoms with Crippen LogP contribution in [0, 0.1) is 5.41 Å². The molecular formula is C17H19NO2. The quantitative estimate of drug-likeness (QED) is 0.861. The zero-order chi connectivity index (χ0) is 14.1. The molecule has 0 amide bonds. The van der Waals surface area contributed by atoms with E-state index in [1.165, 1.54) is 18.4 Å². The number of nitrogens with one attached hydrogen (secondary N) is 1. The molecule has 3 heteroatoms. The SMILES string of the molecule is CCc1cc2c(O)cc(C3=CCCCC3)cc2oc1=N. The second kappa shape index (κ2) is 5.16. The number of hydrogen-bond donors (Lipinski definition) is 2. The Bertz CT molecular complexity index is 740. The Morgan fingerprint density at radius 2 is 2.10 bits per heavy atom. The lowest BCUT2D eigenvalue weighted by molar-refractivity contribution is 0.476. The van der Waals surface area contributed by atoms with Crippen LogP contribution < -0.4 is 5.55 Å². The van der Waals surface area contributed by atoms with Crippen molar-refractivity contribution in [3.63, 3.8) is 0 Å². The van der Waals surface area contributed by atoms with Crippen LogP contribution in [0.5, 0.6) is 5.75 Å². The molecular weight excluding hydrogens is 250 g/mol. The lowest BCUT2D eigenvalue weighted by atomic mass is 9.93. The van der Waals surface area contributed by atoms with Gasteiger partial charge < -0.3 is 9.52 Å². The van der Waals surface area contributed by atoms with Crippen molar-refractivity contribution < 1.29 is 9.52 Å². The van der Waals surface area contributed by atoms with Crippen LogP contribution in [0.25, 0.3) is 16.5 Å². The van der Waals surface area contributed by atoms with E-state index in [1.54, 1.807) is 0 Å². The fraction of sp³-hybridized carbons (Fsp3) is 0.353. The van der Waals surface area contributed by atoms with Gasteiger partial charge in [-0.25, -0.2) is 0 Å². The van der Waals surface area contributed by atoms with Gasteiger partial charge in [0.15, 0.2) is 0 Å². The first-order chi connectivity index (χ1) is 9.69. The molecule has 0 atom stereocenters. The third-order valence-corrected chi connectivity index (χ3v) is 3.99. The molecule has 0 aliphatic heterocycles. The summed E-state index contributed by atoms with van der Waals surface area (Å²) < 4.78 is 5.58. The molecule has 20 heavy (non-hydrogen) atoms. The van der Waals surface area contributed by atoms with Gasteiger partial charge in [-0.3, -0.25) is 5.41 Å². The van der Waals surface area contributed by atoms with Crippen LogP contribution in [0.1, 0.15) is 43.7 Å². The molecule has 1 heterocycles. The van der Waals surface area contributed by atoms with Crippen molar-refractivity contribution >= 4 is 16.5 Å². The number of phenols is 1. The van der Waals surface area contributed by atoms with Gasteiger partial charge in [0, 0.05) is 5.56 Å². The maximum Gasteiger partial charge on any atom is 0.215 e. The van der Waals surface area contributed by atoms with Gasteiger partial charge >= 0.3 is 0 Å². The zero-order valence-electron chi connectivity index (χ0n) is 11.7. The van der Waals surface area contributed by atoms with Crippen LogP contribution in [0.4, 0.5) is 0 Å². The summed E-state index contributed by atoms with van der Waals surface area (Å²) in [5, 5.41) is 18.8.